The maximum atomic E-state index is 13.1. The molecule has 0 aliphatic heterocycles. The second-order valence-electron chi connectivity index (χ2n) is 5.74. The van der Waals surface area contributed by atoms with Crippen molar-refractivity contribution in [3.63, 3.8) is 0 Å². The summed E-state index contributed by atoms with van der Waals surface area (Å²) < 4.78 is 55.1. The Bertz CT molecular complexity index is 1000. The molecule has 8 heteroatoms. The molecule has 0 bridgehead atoms. The first-order chi connectivity index (χ1) is 13.2. The molecule has 2 N–H and O–H groups in total. The van der Waals surface area contributed by atoms with Crippen molar-refractivity contribution in [2.24, 2.45) is 0 Å². The fourth-order valence-corrected chi connectivity index (χ4v) is 2.61. The highest BCUT2D eigenvalue weighted by molar-refractivity contribution is 5.96. The number of alkyl halides is 3. The molecule has 0 amide bonds. The first-order valence-corrected chi connectivity index (χ1v) is 7.98. The molecule has 0 saturated carbocycles. The average Bonchev–Trinajstić information content (AvgIpc) is 2.62. The Morgan fingerprint density at radius 1 is 0.964 bits per heavy atom. The van der Waals surface area contributed by atoms with E-state index in [2.05, 4.69) is 10.1 Å². The summed E-state index contributed by atoms with van der Waals surface area (Å²) in [6.07, 6.45) is -4.87. The first-order valence-electron chi connectivity index (χ1n) is 7.98. The van der Waals surface area contributed by atoms with E-state index >= 15 is 0 Å². The van der Waals surface area contributed by atoms with Crippen LogP contribution in [0.3, 0.4) is 0 Å². The van der Waals surface area contributed by atoms with Gasteiger partial charge in [0.15, 0.2) is 0 Å². The predicted molar refractivity (Wildman–Crippen MR) is 95.2 cm³/mol. The molecule has 28 heavy (non-hydrogen) atoms. The van der Waals surface area contributed by atoms with Crippen molar-refractivity contribution in [2.45, 2.75) is 6.36 Å². The number of aromatic carboxylic acids is 1. The summed E-state index contributed by atoms with van der Waals surface area (Å²) in [7, 11) is 0. The number of carboxylic acids is 1. The third kappa shape index (κ3) is 4.59. The number of hydrogen-bond acceptors (Lipinski definition) is 3. The number of rotatable bonds is 5. The highest BCUT2D eigenvalue weighted by atomic mass is 19.4. The van der Waals surface area contributed by atoms with Gasteiger partial charge in [-0.2, -0.15) is 0 Å². The molecular weight excluding hydrogens is 378 g/mol. The number of halogens is 4. The van der Waals surface area contributed by atoms with E-state index < -0.39 is 23.9 Å². The summed E-state index contributed by atoms with van der Waals surface area (Å²) in [6, 6.07) is 14.8. The van der Waals surface area contributed by atoms with Gasteiger partial charge in [-0.25, -0.2) is 9.18 Å². The van der Waals surface area contributed by atoms with Crippen molar-refractivity contribution < 1.29 is 32.2 Å². The molecule has 3 aromatic rings. The van der Waals surface area contributed by atoms with Crippen LogP contribution in [0.1, 0.15) is 10.4 Å². The van der Waals surface area contributed by atoms with E-state index in [0.29, 0.717) is 11.3 Å². The van der Waals surface area contributed by atoms with Gasteiger partial charge in [0.2, 0.25) is 0 Å². The van der Waals surface area contributed by atoms with Crippen LogP contribution in [-0.2, 0) is 0 Å². The lowest BCUT2D eigenvalue weighted by atomic mass is 10.0. The lowest BCUT2D eigenvalue weighted by Gasteiger charge is -2.15. The molecule has 3 rings (SSSR count). The first kappa shape index (κ1) is 19.2. The second-order valence-corrected chi connectivity index (χ2v) is 5.74. The standard InChI is InChI=1S/C20H13F4NO3/c21-13-6-8-14(9-7-13)25-17-11-12(5-10-16(17)19(26)27)15-3-1-2-4-18(15)28-20(22,23)24/h1-11,25H,(H,26,27). The normalized spacial score (nSPS) is 11.1. The lowest BCUT2D eigenvalue weighted by molar-refractivity contribution is -0.274. The Labute approximate surface area is 157 Å². The monoisotopic (exact) mass is 391 g/mol. The van der Waals surface area contributed by atoms with Gasteiger partial charge in [-0.05, 0) is 48.0 Å². The summed E-state index contributed by atoms with van der Waals surface area (Å²) in [6.45, 7) is 0. The molecule has 0 aliphatic carbocycles. The summed E-state index contributed by atoms with van der Waals surface area (Å²) in [5.41, 5.74) is 0.912. The van der Waals surface area contributed by atoms with Gasteiger partial charge in [0, 0.05) is 11.3 Å². The zero-order valence-electron chi connectivity index (χ0n) is 14.1. The van der Waals surface area contributed by atoms with Crippen LogP contribution in [0.4, 0.5) is 28.9 Å². The number of carboxylic acid groups (broad SMARTS) is 1. The number of carbonyl (C=O) groups is 1. The predicted octanol–water partition coefficient (Wildman–Crippen LogP) is 5.83. The van der Waals surface area contributed by atoms with Crippen LogP contribution in [0.15, 0.2) is 66.7 Å². The van der Waals surface area contributed by atoms with Crippen LogP contribution in [0.25, 0.3) is 11.1 Å². The van der Waals surface area contributed by atoms with E-state index in [4.69, 9.17) is 0 Å². The van der Waals surface area contributed by atoms with Gasteiger partial charge in [0.25, 0.3) is 0 Å². The van der Waals surface area contributed by atoms with Gasteiger partial charge in [-0.3, -0.25) is 0 Å². The van der Waals surface area contributed by atoms with Gasteiger partial charge in [0.05, 0.1) is 11.3 Å². The topological polar surface area (TPSA) is 58.6 Å². The fraction of sp³-hybridized carbons (Fsp3) is 0.0500. The van der Waals surface area contributed by atoms with Crippen LogP contribution < -0.4 is 10.1 Å². The van der Waals surface area contributed by atoms with Gasteiger partial charge in [-0.1, -0.05) is 24.3 Å². The lowest BCUT2D eigenvalue weighted by Crippen LogP contribution is -2.17. The highest BCUT2D eigenvalue weighted by Gasteiger charge is 2.32. The SMILES string of the molecule is O=C(O)c1ccc(-c2ccccc2OC(F)(F)F)cc1Nc1ccc(F)cc1. The van der Waals surface area contributed by atoms with Crippen molar-refractivity contribution in [3.8, 4) is 16.9 Å². The maximum Gasteiger partial charge on any atom is 0.573 e. The van der Waals surface area contributed by atoms with Gasteiger partial charge >= 0.3 is 12.3 Å². The molecule has 4 nitrogen and oxygen atoms in total. The number of ether oxygens (including phenoxy) is 1. The average molecular weight is 391 g/mol. The smallest absolute Gasteiger partial charge is 0.478 e. The van der Waals surface area contributed by atoms with Crippen molar-refractivity contribution in [3.05, 3.63) is 78.1 Å². The quantitative estimate of drug-likeness (QED) is 0.537. The van der Waals surface area contributed by atoms with E-state index in [1.54, 1.807) is 0 Å². The molecule has 0 aliphatic rings. The van der Waals surface area contributed by atoms with E-state index in [1.807, 2.05) is 0 Å². The second kappa shape index (κ2) is 7.59. The molecule has 0 fully saturated rings. The van der Waals surface area contributed by atoms with E-state index in [9.17, 15) is 27.5 Å². The third-order valence-corrected chi connectivity index (χ3v) is 3.80. The van der Waals surface area contributed by atoms with Gasteiger partial charge in [0.1, 0.15) is 11.6 Å². The molecule has 0 heterocycles. The Morgan fingerprint density at radius 2 is 1.64 bits per heavy atom. The van der Waals surface area contributed by atoms with Crippen molar-refractivity contribution in [2.75, 3.05) is 5.32 Å². The Kier molecular flexibility index (Phi) is 5.21. The Balaban J connectivity index is 2.04. The van der Waals surface area contributed by atoms with Crippen LogP contribution in [0.2, 0.25) is 0 Å². The number of anilines is 2. The number of para-hydroxylation sites is 1. The van der Waals surface area contributed by atoms with Crippen molar-refractivity contribution in [1.29, 1.82) is 0 Å². The maximum absolute atomic E-state index is 13.1. The molecule has 0 aromatic heterocycles. The van der Waals surface area contributed by atoms with Crippen LogP contribution in [-0.4, -0.2) is 17.4 Å². The molecule has 0 saturated heterocycles. The molecular formula is C20H13F4NO3. The Morgan fingerprint density at radius 3 is 2.29 bits per heavy atom. The summed E-state index contributed by atoms with van der Waals surface area (Å²) in [5, 5.41) is 12.2. The van der Waals surface area contributed by atoms with Gasteiger partial charge in [-0.15, -0.1) is 13.2 Å². The van der Waals surface area contributed by atoms with Crippen LogP contribution in [0, 0.1) is 5.82 Å². The molecule has 0 atom stereocenters. The molecule has 0 spiro atoms. The van der Waals surface area contributed by atoms with Crippen LogP contribution >= 0.6 is 0 Å². The minimum Gasteiger partial charge on any atom is -0.478 e. The van der Waals surface area contributed by atoms with Crippen molar-refractivity contribution >= 4 is 17.3 Å². The zero-order valence-corrected chi connectivity index (χ0v) is 14.1. The van der Waals surface area contributed by atoms with Gasteiger partial charge < -0.3 is 15.2 Å². The van der Waals surface area contributed by atoms with E-state index in [-0.39, 0.29) is 16.8 Å². The summed E-state index contributed by atoms with van der Waals surface area (Å²) >= 11 is 0. The van der Waals surface area contributed by atoms with E-state index in [1.165, 1.54) is 66.7 Å². The number of hydrogen-bond donors (Lipinski definition) is 2. The molecule has 0 unspecified atom stereocenters. The third-order valence-electron chi connectivity index (χ3n) is 3.80. The zero-order chi connectivity index (χ0) is 20.3. The Hall–Kier alpha value is -3.55. The minimum atomic E-state index is -4.87. The molecule has 0 radical (unpaired) electrons. The minimum absolute atomic E-state index is 0.0951. The fourth-order valence-electron chi connectivity index (χ4n) is 2.61. The molecule has 144 valence electrons. The summed E-state index contributed by atoms with van der Waals surface area (Å²) in [4.78, 5) is 11.5. The highest BCUT2D eigenvalue weighted by Crippen LogP contribution is 2.36. The summed E-state index contributed by atoms with van der Waals surface area (Å²) in [5.74, 6) is -2.10. The molecule has 3 aromatic carbocycles. The van der Waals surface area contributed by atoms with E-state index in [0.717, 1.165) is 0 Å². The van der Waals surface area contributed by atoms with Crippen LogP contribution in [0.5, 0.6) is 5.75 Å². The number of benzene rings is 3. The number of nitrogens with one attached hydrogen (secondary N) is 1. The largest absolute Gasteiger partial charge is 0.573 e. The van der Waals surface area contributed by atoms with Crippen molar-refractivity contribution in [1.82, 2.24) is 0 Å².